The van der Waals surface area contributed by atoms with Gasteiger partial charge in [-0.2, -0.15) is 0 Å². The third-order valence-electron chi connectivity index (χ3n) is 5.72. The fraction of sp³-hybridized carbons (Fsp3) is 0.320. The van der Waals surface area contributed by atoms with Crippen molar-refractivity contribution in [2.75, 3.05) is 37.7 Å². The second-order valence-electron chi connectivity index (χ2n) is 8.02. The van der Waals surface area contributed by atoms with Gasteiger partial charge in [0.2, 0.25) is 0 Å². The smallest absolute Gasteiger partial charge is 0.260 e. The molecule has 1 amide bonds. The summed E-state index contributed by atoms with van der Waals surface area (Å²) in [6, 6.07) is 18.2. The molecule has 6 nitrogen and oxygen atoms in total. The molecular weight excluding hydrogens is 388 g/mol. The molecule has 1 aliphatic rings. The molecule has 0 bridgehead atoms. The summed E-state index contributed by atoms with van der Waals surface area (Å²) in [4.78, 5) is 16.6. The standard InChI is InChI=1S/C25H28N4O2/c1-18-8-9-20(3)23(16-18)31-17-25(30)29-14-12-28(13-15-29)24-11-10-22(26-27-24)21-7-5-4-6-19(21)2/h4-11,16H,12-15,17H2,1-3H3. The molecule has 0 atom stereocenters. The minimum atomic E-state index is 0.0153. The third kappa shape index (κ3) is 4.85. The van der Waals surface area contributed by atoms with E-state index in [0.717, 1.165) is 47.0 Å². The maximum absolute atomic E-state index is 12.6. The zero-order valence-electron chi connectivity index (χ0n) is 18.3. The Morgan fingerprint density at radius 2 is 1.68 bits per heavy atom. The van der Waals surface area contributed by atoms with E-state index in [2.05, 4.69) is 34.2 Å². The number of piperazine rings is 1. The van der Waals surface area contributed by atoms with Gasteiger partial charge in [0.05, 0.1) is 5.69 Å². The normalized spacial score (nSPS) is 13.9. The van der Waals surface area contributed by atoms with Gasteiger partial charge in [-0.3, -0.25) is 4.79 Å². The molecule has 1 saturated heterocycles. The Morgan fingerprint density at radius 1 is 0.903 bits per heavy atom. The van der Waals surface area contributed by atoms with Gasteiger partial charge in [0, 0.05) is 31.7 Å². The van der Waals surface area contributed by atoms with E-state index >= 15 is 0 Å². The van der Waals surface area contributed by atoms with Crippen molar-refractivity contribution in [3.8, 4) is 17.0 Å². The van der Waals surface area contributed by atoms with Gasteiger partial charge in [-0.1, -0.05) is 36.4 Å². The van der Waals surface area contributed by atoms with Crippen LogP contribution in [0.5, 0.6) is 5.75 Å². The van der Waals surface area contributed by atoms with Crippen LogP contribution in [-0.4, -0.2) is 53.8 Å². The van der Waals surface area contributed by atoms with Gasteiger partial charge in [-0.05, 0) is 55.7 Å². The number of aromatic nitrogens is 2. The van der Waals surface area contributed by atoms with Crippen molar-refractivity contribution in [3.05, 3.63) is 71.3 Å². The monoisotopic (exact) mass is 416 g/mol. The van der Waals surface area contributed by atoms with E-state index in [1.165, 1.54) is 5.56 Å². The van der Waals surface area contributed by atoms with E-state index in [1.807, 2.05) is 61.2 Å². The molecule has 0 spiro atoms. The number of hydrogen-bond donors (Lipinski definition) is 0. The van der Waals surface area contributed by atoms with Gasteiger partial charge in [-0.15, -0.1) is 10.2 Å². The van der Waals surface area contributed by atoms with E-state index < -0.39 is 0 Å². The minimum Gasteiger partial charge on any atom is -0.483 e. The summed E-state index contributed by atoms with van der Waals surface area (Å²) in [5, 5.41) is 8.86. The molecule has 6 heteroatoms. The lowest BCUT2D eigenvalue weighted by Crippen LogP contribution is -2.50. The summed E-state index contributed by atoms with van der Waals surface area (Å²) in [5.41, 5.74) is 5.31. The summed E-state index contributed by atoms with van der Waals surface area (Å²) in [6.45, 7) is 8.90. The molecule has 31 heavy (non-hydrogen) atoms. The molecule has 1 aromatic heterocycles. The number of nitrogens with zero attached hydrogens (tertiary/aromatic N) is 4. The van der Waals surface area contributed by atoms with Crippen molar-refractivity contribution in [2.24, 2.45) is 0 Å². The van der Waals surface area contributed by atoms with Gasteiger partial charge in [-0.25, -0.2) is 0 Å². The van der Waals surface area contributed by atoms with Crippen molar-refractivity contribution in [2.45, 2.75) is 20.8 Å². The SMILES string of the molecule is Cc1ccc(C)c(OCC(=O)N2CCN(c3ccc(-c4ccccc4C)nn3)CC2)c1. The highest BCUT2D eigenvalue weighted by atomic mass is 16.5. The van der Waals surface area contributed by atoms with E-state index in [-0.39, 0.29) is 12.5 Å². The average molecular weight is 417 g/mol. The maximum atomic E-state index is 12.6. The van der Waals surface area contributed by atoms with Crippen LogP contribution in [0.1, 0.15) is 16.7 Å². The molecule has 0 unspecified atom stereocenters. The van der Waals surface area contributed by atoms with Crippen LogP contribution in [0, 0.1) is 20.8 Å². The summed E-state index contributed by atoms with van der Waals surface area (Å²) in [7, 11) is 0. The quantitative estimate of drug-likeness (QED) is 0.633. The minimum absolute atomic E-state index is 0.0153. The van der Waals surface area contributed by atoms with Gasteiger partial charge in [0.15, 0.2) is 12.4 Å². The largest absolute Gasteiger partial charge is 0.483 e. The molecule has 2 heterocycles. The van der Waals surface area contributed by atoms with Crippen LogP contribution in [0.25, 0.3) is 11.3 Å². The Labute approximate surface area is 183 Å². The number of carbonyl (C=O) groups is 1. The Balaban J connectivity index is 1.31. The summed E-state index contributed by atoms with van der Waals surface area (Å²) < 4.78 is 5.78. The molecule has 160 valence electrons. The van der Waals surface area contributed by atoms with Crippen LogP contribution in [-0.2, 0) is 4.79 Å². The molecule has 3 aromatic rings. The first-order valence-electron chi connectivity index (χ1n) is 10.6. The molecule has 0 radical (unpaired) electrons. The number of ether oxygens (including phenoxy) is 1. The second-order valence-corrected chi connectivity index (χ2v) is 8.02. The van der Waals surface area contributed by atoms with E-state index in [0.29, 0.717) is 13.1 Å². The van der Waals surface area contributed by atoms with E-state index in [4.69, 9.17) is 4.74 Å². The van der Waals surface area contributed by atoms with E-state index in [1.54, 1.807) is 0 Å². The molecule has 0 aliphatic carbocycles. The first kappa shape index (κ1) is 20.8. The Bertz CT molecular complexity index is 1060. The number of aryl methyl sites for hydroxylation is 3. The number of hydrogen-bond acceptors (Lipinski definition) is 5. The Morgan fingerprint density at radius 3 is 2.39 bits per heavy atom. The molecule has 2 aromatic carbocycles. The zero-order chi connectivity index (χ0) is 21.8. The predicted molar refractivity (Wildman–Crippen MR) is 122 cm³/mol. The molecular formula is C25H28N4O2. The molecule has 0 saturated carbocycles. The topological polar surface area (TPSA) is 58.6 Å². The summed E-state index contributed by atoms with van der Waals surface area (Å²) in [5.74, 6) is 1.63. The van der Waals surface area contributed by atoms with Crippen LogP contribution in [0.4, 0.5) is 5.82 Å². The average Bonchev–Trinajstić information content (AvgIpc) is 2.80. The lowest BCUT2D eigenvalue weighted by molar-refractivity contribution is -0.133. The number of amides is 1. The lowest BCUT2D eigenvalue weighted by atomic mass is 10.1. The van der Waals surface area contributed by atoms with E-state index in [9.17, 15) is 4.79 Å². The van der Waals surface area contributed by atoms with Crippen LogP contribution < -0.4 is 9.64 Å². The van der Waals surface area contributed by atoms with Crippen molar-refractivity contribution in [1.29, 1.82) is 0 Å². The van der Waals surface area contributed by atoms with Crippen molar-refractivity contribution >= 4 is 11.7 Å². The van der Waals surface area contributed by atoms with Crippen molar-refractivity contribution < 1.29 is 9.53 Å². The highest BCUT2D eigenvalue weighted by Crippen LogP contribution is 2.23. The first-order chi connectivity index (χ1) is 15.0. The fourth-order valence-electron chi connectivity index (χ4n) is 3.78. The summed E-state index contributed by atoms with van der Waals surface area (Å²) in [6.07, 6.45) is 0. The molecule has 1 aliphatic heterocycles. The lowest BCUT2D eigenvalue weighted by Gasteiger charge is -2.35. The van der Waals surface area contributed by atoms with Gasteiger partial charge >= 0.3 is 0 Å². The van der Waals surface area contributed by atoms with Gasteiger partial charge < -0.3 is 14.5 Å². The van der Waals surface area contributed by atoms with Crippen LogP contribution in [0.2, 0.25) is 0 Å². The third-order valence-corrected chi connectivity index (χ3v) is 5.72. The van der Waals surface area contributed by atoms with Crippen LogP contribution in [0.15, 0.2) is 54.6 Å². The zero-order valence-corrected chi connectivity index (χ0v) is 18.3. The number of benzene rings is 2. The molecule has 1 fully saturated rings. The number of rotatable bonds is 5. The Hall–Kier alpha value is -3.41. The van der Waals surface area contributed by atoms with Gasteiger partial charge in [0.25, 0.3) is 5.91 Å². The highest BCUT2D eigenvalue weighted by Gasteiger charge is 2.22. The Kier molecular flexibility index (Phi) is 6.16. The van der Waals surface area contributed by atoms with Crippen LogP contribution >= 0.6 is 0 Å². The highest BCUT2D eigenvalue weighted by molar-refractivity contribution is 5.78. The second kappa shape index (κ2) is 9.16. The molecule has 0 N–H and O–H groups in total. The molecule has 4 rings (SSSR count). The predicted octanol–water partition coefficient (Wildman–Crippen LogP) is 3.80. The number of anilines is 1. The van der Waals surface area contributed by atoms with Gasteiger partial charge in [0.1, 0.15) is 5.75 Å². The van der Waals surface area contributed by atoms with Crippen molar-refractivity contribution in [3.63, 3.8) is 0 Å². The summed E-state index contributed by atoms with van der Waals surface area (Å²) >= 11 is 0. The number of carbonyl (C=O) groups excluding carboxylic acids is 1. The van der Waals surface area contributed by atoms with Crippen LogP contribution in [0.3, 0.4) is 0 Å². The first-order valence-corrected chi connectivity index (χ1v) is 10.6. The fourth-order valence-corrected chi connectivity index (χ4v) is 3.78. The van der Waals surface area contributed by atoms with Crippen molar-refractivity contribution in [1.82, 2.24) is 15.1 Å². The maximum Gasteiger partial charge on any atom is 0.260 e.